The average Bonchev–Trinajstić information content (AvgIpc) is 2.21. The fourth-order valence-electron chi connectivity index (χ4n) is 2.01. The van der Waals surface area contributed by atoms with Crippen LogP contribution in [0.4, 0.5) is 0 Å². The monoisotopic (exact) mass is 241 g/mol. The molecule has 0 aliphatic carbocycles. The summed E-state index contributed by atoms with van der Waals surface area (Å²) in [5.74, 6) is 0.208. The molecule has 1 saturated heterocycles. The van der Waals surface area contributed by atoms with Gasteiger partial charge in [-0.3, -0.25) is 4.79 Å². The summed E-state index contributed by atoms with van der Waals surface area (Å²) in [4.78, 5) is 13.8. The van der Waals surface area contributed by atoms with Gasteiger partial charge in [0.05, 0.1) is 5.25 Å². The molecule has 0 aromatic rings. The van der Waals surface area contributed by atoms with Crippen molar-refractivity contribution in [2.75, 3.05) is 0 Å². The van der Waals surface area contributed by atoms with Crippen molar-refractivity contribution < 1.29 is 4.79 Å². The third-order valence-electron chi connectivity index (χ3n) is 2.43. The molecule has 3 heteroatoms. The molecular weight excluding hydrogens is 218 g/mol. The first-order valence-electron chi connectivity index (χ1n) is 5.72. The Morgan fingerprint density at radius 3 is 2.06 bits per heavy atom. The maximum atomic E-state index is 12.0. The van der Waals surface area contributed by atoms with Gasteiger partial charge in [-0.15, -0.1) is 11.8 Å². The lowest BCUT2D eigenvalue weighted by atomic mass is 10.1. The number of thioether (sulfide) groups is 1. The number of nitrogens with zero attached hydrogens (tertiary/aromatic N) is 1. The fourth-order valence-corrected chi connectivity index (χ4v) is 3.33. The predicted molar refractivity (Wildman–Crippen MR) is 71.5 cm³/mol. The highest BCUT2D eigenvalue weighted by molar-refractivity contribution is 8.01. The standard InChI is InChI=1S/C13H23NOS/c1-9-10(16-13(5,6)7)8-11(15)14(9)12(2,3)4/h10H,1,8H2,2-7H3. The minimum Gasteiger partial charge on any atom is -0.310 e. The number of hydrogen-bond donors (Lipinski definition) is 0. The normalized spacial score (nSPS) is 23.1. The smallest absolute Gasteiger partial charge is 0.228 e. The van der Waals surface area contributed by atoms with E-state index in [1.807, 2.05) is 16.7 Å². The van der Waals surface area contributed by atoms with Gasteiger partial charge in [0.2, 0.25) is 5.91 Å². The molecule has 1 amide bonds. The van der Waals surface area contributed by atoms with Crippen LogP contribution < -0.4 is 0 Å². The van der Waals surface area contributed by atoms with Gasteiger partial charge in [0.15, 0.2) is 0 Å². The summed E-state index contributed by atoms with van der Waals surface area (Å²) >= 11 is 1.83. The van der Waals surface area contributed by atoms with Crippen LogP contribution in [0.1, 0.15) is 48.0 Å². The molecule has 16 heavy (non-hydrogen) atoms. The first-order chi connectivity index (χ1) is 7.02. The van der Waals surface area contributed by atoms with Crippen LogP contribution in [0.5, 0.6) is 0 Å². The van der Waals surface area contributed by atoms with Crippen LogP contribution in [-0.2, 0) is 4.79 Å². The van der Waals surface area contributed by atoms with Crippen molar-refractivity contribution in [3.8, 4) is 0 Å². The van der Waals surface area contributed by atoms with E-state index in [2.05, 4.69) is 48.1 Å². The van der Waals surface area contributed by atoms with E-state index in [0.717, 1.165) is 5.70 Å². The van der Waals surface area contributed by atoms with Gasteiger partial charge in [0.25, 0.3) is 0 Å². The lowest BCUT2D eigenvalue weighted by Gasteiger charge is -2.34. The van der Waals surface area contributed by atoms with Crippen LogP contribution in [0, 0.1) is 0 Å². The molecule has 1 fully saturated rings. The highest BCUT2D eigenvalue weighted by Crippen LogP contribution is 2.41. The lowest BCUT2D eigenvalue weighted by molar-refractivity contribution is -0.130. The summed E-state index contributed by atoms with van der Waals surface area (Å²) in [5.41, 5.74) is 0.818. The van der Waals surface area contributed by atoms with Crippen LogP contribution in [0.25, 0.3) is 0 Å². The van der Waals surface area contributed by atoms with Gasteiger partial charge in [-0.25, -0.2) is 0 Å². The lowest BCUT2D eigenvalue weighted by Crippen LogP contribution is -2.41. The van der Waals surface area contributed by atoms with E-state index in [0.29, 0.717) is 6.42 Å². The Kier molecular flexibility index (Phi) is 3.49. The molecule has 1 aliphatic rings. The van der Waals surface area contributed by atoms with Gasteiger partial charge in [-0.1, -0.05) is 27.4 Å². The van der Waals surface area contributed by atoms with E-state index in [4.69, 9.17) is 0 Å². The third-order valence-corrected chi connectivity index (χ3v) is 3.87. The zero-order valence-corrected chi connectivity index (χ0v) is 12.1. The van der Waals surface area contributed by atoms with Crippen molar-refractivity contribution in [2.24, 2.45) is 0 Å². The summed E-state index contributed by atoms with van der Waals surface area (Å²) in [6, 6.07) is 0. The summed E-state index contributed by atoms with van der Waals surface area (Å²) in [6.45, 7) is 16.8. The van der Waals surface area contributed by atoms with Crippen LogP contribution in [0.15, 0.2) is 12.3 Å². The van der Waals surface area contributed by atoms with Crippen molar-refractivity contribution in [3.05, 3.63) is 12.3 Å². The van der Waals surface area contributed by atoms with Crippen molar-refractivity contribution in [3.63, 3.8) is 0 Å². The van der Waals surface area contributed by atoms with Crippen molar-refractivity contribution in [1.29, 1.82) is 0 Å². The zero-order chi connectivity index (χ0) is 12.7. The summed E-state index contributed by atoms with van der Waals surface area (Å²) in [6.07, 6.45) is 0.595. The van der Waals surface area contributed by atoms with Gasteiger partial charge in [-0.05, 0) is 20.8 Å². The second kappa shape index (κ2) is 4.10. The third kappa shape index (κ3) is 3.03. The Morgan fingerprint density at radius 2 is 1.75 bits per heavy atom. The first kappa shape index (κ1) is 13.6. The van der Waals surface area contributed by atoms with E-state index < -0.39 is 0 Å². The van der Waals surface area contributed by atoms with E-state index in [1.165, 1.54) is 0 Å². The second-order valence-electron chi connectivity index (χ2n) is 6.31. The molecule has 92 valence electrons. The Labute approximate surface area is 103 Å². The molecule has 2 nitrogen and oxygen atoms in total. The maximum Gasteiger partial charge on any atom is 0.228 e. The molecule has 0 aromatic heterocycles. The fraction of sp³-hybridized carbons (Fsp3) is 0.769. The largest absolute Gasteiger partial charge is 0.310 e. The van der Waals surface area contributed by atoms with Crippen LogP contribution in [0.2, 0.25) is 0 Å². The SMILES string of the molecule is C=C1C(SC(C)(C)C)CC(=O)N1C(C)(C)C. The molecule has 0 spiro atoms. The van der Waals surface area contributed by atoms with Gasteiger partial charge in [0.1, 0.15) is 0 Å². The zero-order valence-electron chi connectivity index (χ0n) is 11.3. The summed E-state index contributed by atoms with van der Waals surface area (Å²) < 4.78 is 0.168. The average molecular weight is 241 g/mol. The molecular formula is C13H23NOS. The van der Waals surface area contributed by atoms with Crippen LogP contribution in [0.3, 0.4) is 0 Å². The highest BCUT2D eigenvalue weighted by atomic mass is 32.2. The minimum absolute atomic E-state index is 0.151. The molecule has 1 heterocycles. The summed E-state index contributed by atoms with van der Waals surface area (Å²) in [5, 5.41) is 0.242. The number of carbonyl (C=O) groups is 1. The van der Waals surface area contributed by atoms with Crippen molar-refractivity contribution in [2.45, 2.75) is 63.5 Å². The molecule has 0 N–H and O–H groups in total. The van der Waals surface area contributed by atoms with Crippen LogP contribution in [-0.4, -0.2) is 26.3 Å². The topological polar surface area (TPSA) is 20.3 Å². The molecule has 1 atom stereocenters. The maximum absolute atomic E-state index is 12.0. The Morgan fingerprint density at radius 1 is 1.25 bits per heavy atom. The first-order valence-corrected chi connectivity index (χ1v) is 6.60. The molecule has 0 bridgehead atoms. The molecule has 1 unspecified atom stereocenters. The second-order valence-corrected chi connectivity index (χ2v) is 8.34. The van der Waals surface area contributed by atoms with Gasteiger partial charge >= 0.3 is 0 Å². The van der Waals surface area contributed by atoms with Crippen molar-refractivity contribution >= 4 is 17.7 Å². The molecule has 0 aromatic carbocycles. The van der Waals surface area contributed by atoms with E-state index in [9.17, 15) is 4.79 Å². The van der Waals surface area contributed by atoms with Crippen LogP contribution >= 0.6 is 11.8 Å². The predicted octanol–water partition coefficient (Wildman–Crippen LogP) is 3.43. The number of rotatable bonds is 1. The van der Waals surface area contributed by atoms with E-state index >= 15 is 0 Å². The number of amides is 1. The number of likely N-dealkylation sites (tertiary alicyclic amines) is 1. The number of carbonyl (C=O) groups excluding carboxylic acids is 1. The minimum atomic E-state index is -0.151. The number of hydrogen-bond acceptors (Lipinski definition) is 2. The molecule has 1 aliphatic heterocycles. The van der Waals surface area contributed by atoms with Gasteiger partial charge in [-0.2, -0.15) is 0 Å². The Bertz CT molecular complexity index is 309. The molecule has 0 saturated carbocycles. The molecule has 0 radical (unpaired) electrons. The van der Waals surface area contributed by atoms with Crippen molar-refractivity contribution in [1.82, 2.24) is 4.90 Å². The van der Waals surface area contributed by atoms with E-state index in [1.54, 1.807) is 0 Å². The van der Waals surface area contributed by atoms with Gasteiger partial charge < -0.3 is 4.90 Å². The van der Waals surface area contributed by atoms with E-state index in [-0.39, 0.29) is 21.4 Å². The quantitative estimate of drug-likeness (QED) is 0.701. The highest BCUT2D eigenvalue weighted by Gasteiger charge is 2.41. The Hall–Kier alpha value is -0.440. The summed E-state index contributed by atoms with van der Waals surface area (Å²) in [7, 11) is 0. The van der Waals surface area contributed by atoms with Gasteiger partial charge in [0, 0.05) is 22.4 Å². The molecule has 1 rings (SSSR count). The Balaban J connectivity index is 2.83.